The SMILES string of the molecule is CCNC(=NCc1cc(Cl)c(OCC)c(OC)c1)NC(C)COC. The average molecular weight is 358 g/mol. The molecule has 0 saturated carbocycles. The van der Waals surface area contributed by atoms with E-state index in [1.165, 1.54) is 0 Å². The van der Waals surface area contributed by atoms with E-state index in [4.69, 9.17) is 25.8 Å². The van der Waals surface area contributed by atoms with E-state index in [-0.39, 0.29) is 6.04 Å². The van der Waals surface area contributed by atoms with Crippen molar-refractivity contribution >= 4 is 17.6 Å². The van der Waals surface area contributed by atoms with Crippen LogP contribution in [0, 0.1) is 0 Å². The van der Waals surface area contributed by atoms with Crippen LogP contribution in [0.15, 0.2) is 17.1 Å². The van der Waals surface area contributed by atoms with Crippen LogP contribution in [-0.4, -0.2) is 46.0 Å². The van der Waals surface area contributed by atoms with Crippen molar-refractivity contribution in [2.24, 2.45) is 4.99 Å². The fraction of sp³-hybridized carbons (Fsp3) is 0.588. The lowest BCUT2D eigenvalue weighted by molar-refractivity contribution is 0.179. The van der Waals surface area contributed by atoms with Gasteiger partial charge in [-0.25, -0.2) is 4.99 Å². The molecule has 0 aliphatic heterocycles. The number of ether oxygens (including phenoxy) is 3. The fourth-order valence-corrected chi connectivity index (χ4v) is 2.45. The van der Waals surface area contributed by atoms with Gasteiger partial charge in [0.1, 0.15) is 0 Å². The maximum Gasteiger partial charge on any atom is 0.191 e. The van der Waals surface area contributed by atoms with Crippen LogP contribution in [0.3, 0.4) is 0 Å². The van der Waals surface area contributed by atoms with Crippen molar-refractivity contribution in [3.8, 4) is 11.5 Å². The van der Waals surface area contributed by atoms with Gasteiger partial charge in [-0.15, -0.1) is 0 Å². The minimum absolute atomic E-state index is 0.159. The average Bonchev–Trinajstić information content (AvgIpc) is 2.55. The van der Waals surface area contributed by atoms with E-state index in [0.717, 1.165) is 18.1 Å². The fourth-order valence-electron chi connectivity index (χ4n) is 2.16. The number of hydrogen-bond donors (Lipinski definition) is 2. The second-order valence-corrected chi connectivity index (χ2v) is 5.65. The van der Waals surface area contributed by atoms with Crippen LogP contribution in [0.5, 0.6) is 11.5 Å². The number of aliphatic imine (C=N–C) groups is 1. The Morgan fingerprint density at radius 1 is 1.29 bits per heavy atom. The van der Waals surface area contributed by atoms with E-state index < -0.39 is 0 Å². The lowest BCUT2D eigenvalue weighted by Crippen LogP contribution is -2.43. The van der Waals surface area contributed by atoms with Crippen LogP contribution < -0.4 is 20.1 Å². The molecule has 136 valence electrons. The molecular formula is C17H28ClN3O3. The lowest BCUT2D eigenvalue weighted by Gasteiger charge is -2.17. The number of nitrogens with one attached hydrogen (secondary N) is 2. The molecule has 0 radical (unpaired) electrons. The Morgan fingerprint density at radius 2 is 2.04 bits per heavy atom. The van der Waals surface area contributed by atoms with Gasteiger partial charge in [-0.1, -0.05) is 11.6 Å². The highest BCUT2D eigenvalue weighted by atomic mass is 35.5. The van der Waals surface area contributed by atoms with Gasteiger partial charge >= 0.3 is 0 Å². The Kier molecular flexibility index (Phi) is 9.34. The van der Waals surface area contributed by atoms with Gasteiger partial charge < -0.3 is 24.8 Å². The molecule has 0 bridgehead atoms. The molecule has 1 unspecified atom stereocenters. The second-order valence-electron chi connectivity index (χ2n) is 5.24. The summed E-state index contributed by atoms with van der Waals surface area (Å²) < 4.78 is 16.0. The normalized spacial score (nSPS) is 12.7. The summed E-state index contributed by atoms with van der Waals surface area (Å²) in [6.45, 7) is 8.34. The lowest BCUT2D eigenvalue weighted by atomic mass is 10.2. The van der Waals surface area contributed by atoms with E-state index in [9.17, 15) is 0 Å². The topological polar surface area (TPSA) is 64.1 Å². The first-order valence-corrected chi connectivity index (χ1v) is 8.46. The Labute approximate surface area is 149 Å². The van der Waals surface area contributed by atoms with Gasteiger partial charge in [0.15, 0.2) is 17.5 Å². The van der Waals surface area contributed by atoms with Gasteiger partial charge in [-0.05, 0) is 38.5 Å². The summed E-state index contributed by atoms with van der Waals surface area (Å²) in [5, 5.41) is 7.02. The van der Waals surface area contributed by atoms with Crippen LogP contribution in [0.2, 0.25) is 5.02 Å². The van der Waals surface area contributed by atoms with Crippen molar-refractivity contribution < 1.29 is 14.2 Å². The maximum absolute atomic E-state index is 6.29. The second kappa shape index (κ2) is 11.0. The summed E-state index contributed by atoms with van der Waals surface area (Å²) >= 11 is 6.29. The largest absolute Gasteiger partial charge is 0.493 e. The van der Waals surface area contributed by atoms with Crippen molar-refractivity contribution in [2.75, 3.05) is 34.0 Å². The summed E-state index contributed by atoms with van der Waals surface area (Å²) in [4.78, 5) is 4.58. The molecule has 0 amide bonds. The van der Waals surface area contributed by atoms with Gasteiger partial charge in [0.25, 0.3) is 0 Å². The number of nitrogens with zero attached hydrogens (tertiary/aromatic N) is 1. The van der Waals surface area contributed by atoms with E-state index >= 15 is 0 Å². The third kappa shape index (κ3) is 6.45. The third-order valence-electron chi connectivity index (χ3n) is 3.14. The van der Waals surface area contributed by atoms with E-state index in [0.29, 0.717) is 36.3 Å². The first kappa shape index (κ1) is 20.4. The zero-order valence-electron chi connectivity index (χ0n) is 15.1. The van der Waals surface area contributed by atoms with E-state index in [1.807, 2.05) is 32.9 Å². The predicted octanol–water partition coefficient (Wildman–Crippen LogP) is 2.84. The molecule has 6 nitrogen and oxygen atoms in total. The molecular weight excluding hydrogens is 330 g/mol. The van der Waals surface area contributed by atoms with Crippen molar-refractivity contribution in [2.45, 2.75) is 33.4 Å². The molecule has 24 heavy (non-hydrogen) atoms. The number of halogens is 1. The smallest absolute Gasteiger partial charge is 0.191 e. The molecule has 1 aromatic carbocycles. The van der Waals surface area contributed by atoms with Crippen LogP contribution >= 0.6 is 11.6 Å². The Bertz CT molecular complexity index is 538. The molecule has 7 heteroatoms. The van der Waals surface area contributed by atoms with Gasteiger partial charge in [0.2, 0.25) is 0 Å². The maximum atomic E-state index is 6.29. The molecule has 0 aliphatic carbocycles. The van der Waals surface area contributed by atoms with Crippen molar-refractivity contribution in [1.29, 1.82) is 0 Å². The molecule has 0 heterocycles. The van der Waals surface area contributed by atoms with Crippen LogP contribution in [0.25, 0.3) is 0 Å². The standard InChI is InChI=1S/C17H28ClN3O3/c1-6-19-17(21-12(3)11-22-4)20-10-13-8-14(18)16(24-7-2)15(9-13)23-5/h8-9,12H,6-7,10-11H2,1-5H3,(H2,19,20,21). The summed E-state index contributed by atoms with van der Waals surface area (Å²) in [7, 11) is 3.27. The first-order chi connectivity index (χ1) is 11.5. The molecule has 1 atom stereocenters. The van der Waals surface area contributed by atoms with E-state index in [1.54, 1.807) is 14.2 Å². The highest BCUT2D eigenvalue weighted by Gasteiger charge is 2.12. The summed E-state index contributed by atoms with van der Waals surface area (Å²) in [5.41, 5.74) is 0.942. The number of rotatable bonds is 9. The van der Waals surface area contributed by atoms with Gasteiger partial charge in [-0.3, -0.25) is 0 Å². The van der Waals surface area contributed by atoms with Crippen molar-refractivity contribution in [3.63, 3.8) is 0 Å². The Morgan fingerprint density at radius 3 is 2.62 bits per heavy atom. The van der Waals surface area contributed by atoms with Crippen molar-refractivity contribution in [3.05, 3.63) is 22.7 Å². The number of methoxy groups -OCH3 is 2. The highest BCUT2D eigenvalue weighted by molar-refractivity contribution is 6.32. The number of hydrogen-bond acceptors (Lipinski definition) is 4. The molecule has 2 N–H and O–H groups in total. The monoisotopic (exact) mass is 357 g/mol. The summed E-state index contributed by atoms with van der Waals surface area (Å²) in [6.07, 6.45) is 0. The van der Waals surface area contributed by atoms with E-state index in [2.05, 4.69) is 15.6 Å². The number of benzene rings is 1. The molecule has 1 rings (SSSR count). The summed E-state index contributed by atoms with van der Waals surface area (Å²) in [5.74, 6) is 1.90. The van der Waals surface area contributed by atoms with Crippen LogP contribution in [0.4, 0.5) is 0 Å². The van der Waals surface area contributed by atoms with Gasteiger partial charge in [0.05, 0.1) is 31.9 Å². The minimum atomic E-state index is 0.159. The molecule has 0 aromatic heterocycles. The molecule has 0 spiro atoms. The Hall–Kier alpha value is -1.66. The van der Waals surface area contributed by atoms with Crippen molar-refractivity contribution in [1.82, 2.24) is 10.6 Å². The molecule has 1 aromatic rings. The van der Waals surface area contributed by atoms with Crippen LogP contribution in [0.1, 0.15) is 26.3 Å². The predicted molar refractivity (Wildman–Crippen MR) is 98.5 cm³/mol. The Balaban J connectivity index is 2.90. The zero-order chi connectivity index (χ0) is 17.9. The van der Waals surface area contributed by atoms with Gasteiger partial charge in [-0.2, -0.15) is 0 Å². The van der Waals surface area contributed by atoms with Crippen LogP contribution in [-0.2, 0) is 11.3 Å². The first-order valence-electron chi connectivity index (χ1n) is 8.08. The molecule has 0 saturated heterocycles. The highest BCUT2D eigenvalue weighted by Crippen LogP contribution is 2.36. The van der Waals surface area contributed by atoms with Gasteiger partial charge in [0, 0.05) is 19.7 Å². The molecule has 0 fully saturated rings. The molecule has 0 aliphatic rings. The minimum Gasteiger partial charge on any atom is -0.493 e. The zero-order valence-corrected chi connectivity index (χ0v) is 15.9. The summed E-state index contributed by atoms with van der Waals surface area (Å²) in [6, 6.07) is 3.90. The third-order valence-corrected chi connectivity index (χ3v) is 3.42. The number of guanidine groups is 1. The quantitative estimate of drug-likeness (QED) is 0.525.